The second-order valence-corrected chi connectivity index (χ2v) is 7.65. The van der Waals surface area contributed by atoms with Gasteiger partial charge in [0, 0.05) is 23.1 Å². The Hall–Kier alpha value is -3.34. The molecule has 0 fully saturated rings. The van der Waals surface area contributed by atoms with Gasteiger partial charge in [0.2, 0.25) is 5.91 Å². The van der Waals surface area contributed by atoms with Gasteiger partial charge in [-0.15, -0.1) is 0 Å². The largest absolute Gasteiger partial charge is 0.354 e. The molecule has 0 saturated heterocycles. The lowest BCUT2D eigenvalue weighted by molar-refractivity contribution is -0.134. The van der Waals surface area contributed by atoms with Crippen molar-refractivity contribution < 1.29 is 4.79 Å². The van der Waals surface area contributed by atoms with E-state index >= 15 is 0 Å². The number of nitrogens with zero attached hydrogens (tertiary/aromatic N) is 2. The van der Waals surface area contributed by atoms with Gasteiger partial charge in [0.15, 0.2) is 0 Å². The molecule has 5 nitrogen and oxygen atoms in total. The zero-order valence-electron chi connectivity index (χ0n) is 17.0. The first-order chi connectivity index (χ1) is 14.1. The first-order valence-electron chi connectivity index (χ1n) is 10.0. The number of carbonyl (C=O) groups excluding carboxylic acids is 1. The highest BCUT2D eigenvalue weighted by atomic mass is 16.2. The number of aromatic nitrogens is 3. The molecule has 29 heavy (non-hydrogen) atoms. The molecule has 1 unspecified atom stereocenters. The molecule has 0 spiro atoms. The molecule has 2 aromatic heterocycles. The summed E-state index contributed by atoms with van der Waals surface area (Å²) in [6.07, 6.45) is 2.06. The summed E-state index contributed by atoms with van der Waals surface area (Å²) >= 11 is 0. The topological polar surface area (TPSA) is 64.8 Å². The number of nitrogens with one attached hydrogen (secondary N) is 2. The number of para-hydroxylation sites is 1. The van der Waals surface area contributed by atoms with Crippen molar-refractivity contribution in [1.29, 1.82) is 0 Å². The summed E-state index contributed by atoms with van der Waals surface area (Å²) in [5.74, 6) is 0.101. The molecule has 0 aliphatic heterocycles. The number of H-pyrrole nitrogens is 2. The van der Waals surface area contributed by atoms with Crippen molar-refractivity contribution in [2.75, 3.05) is 0 Å². The number of hydrogen-bond acceptors (Lipinski definition) is 2. The Labute approximate surface area is 170 Å². The van der Waals surface area contributed by atoms with Crippen LogP contribution in [0.5, 0.6) is 0 Å². The molecule has 148 valence electrons. The molecule has 4 rings (SSSR count). The van der Waals surface area contributed by atoms with E-state index in [1.54, 1.807) is 6.20 Å². The highest BCUT2D eigenvalue weighted by molar-refractivity contribution is 5.95. The van der Waals surface area contributed by atoms with Gasteiger partial charge in [0.25, 0.3) is 0 Å². The molecular formula is C24H26N4O. The molecule has 1 amide bonds. The number of benzene rings is 2. The lowest BCUT2D eigenvalue weighted by Crippen LogP contribution is -2.40. The minimum Gasteiger partial charge on any atom is -0.354 e. The maximum absolute atomic E-state index is 13.5. The minimum absolute atomic E-state index is 0.0737. The van der Waals surface area contributed by atoms with Crippen molar-refractivity contribution in [3.8, 4) is 11.3 Å². The Morgan fingerprint density at radius 1 is 1.00 bits per heavy atom. The van der Waals surface area contributed by atoms with Crippen molar-refractivity contribution in [1.82, 2.24) is 20.1 Å². The van der Waals surface area contributed by atoms with E-state index in [2.05, 4.69) is 53.3 Å². The fourth-order valence-corrected chi connectivity index (χ4v) is 4.08. The van der Waals surface area contributed by atoms with Crippen molar-refractivity contribution in [2.24, 2.45) is 0 Å². The number of aromatic amines is 2. The molecule has 0 bridgehead atoms. The molecule has 0 aliphatic carbocycles. The smallest absolute Gasteiger partial charge is 0.227 e. The average Bonchev–Trinajstić information content (AvgIpc) is 3.37. The van der Waals surface area contributed by atoms with Gasteiger partial charge < -0.3 is 9.88 Å². The predicted octanol–water partition coefficient (Wildman–Crippen LogP) is 5.10. The van der Waals surface area contributed by atoms with Crippen LogP contribution in [-0.4, -0.2) is 32.0 Å². The van der Waals surface area contributed by atoms with Crippen molar-refractivity contribution in [3.63, 3.8) is 0 Å². The Bertz CT molecular complexity index is 1100. The Morgan fingerprint density at radius 3 is 2.41 bits per heavy atom. The van der Waals surface area contributed by atoms with Gasteiger partial charge in [0.1, 0.15) is 0 Å². The Balaban J connectivity index is 1.73. The highest BCUT2D eigenvalue weighted by Gasteiger charge is 2.27. The van der Waals surface area contributed by atoms with Crippen molar-refractivity contribution in [3.05, 3.63) is 78.1 Å². The summed E-state index contributed by atoms with van der Waals surface area (Å²) in [5.41, 5.74) is 5.13. The molecule has 0 saturated carbocycles. The third-order valence-electron chi connectivity index (χ3n) is 5.44. The van der Waals surface area contributed by atoms with Crippen LogP contribution in [0.3, 0.4) is 0 Å². The minimum atomic E-state index is -0.0737. The SMILES string of the molecule is CC(C)N(C(=O)Cc1c(-c2ccccc2)[nH]c2ccccc12)C(C)c1ccn[nH]1. The predicted molar refractivity (Wildman–Crippen MR) is 116 cm³/mol. The lowest BCUT2D eigenvalue weighted by atomic mass is 10.0. The van der Waals surface area contributed by atoms with E-state index in [9.17, 15) is 4.79 Å². The number of fused-ring (bicyclic) bond motifs is 1. The number of hydrogen-bond donors (Lipinski definition) is 2. The summed E-state index contributed by atoms with van der Waals surface area (Å²) in [6, 6.07) is 20.3. The van der Waals surface area contributed by atoms with Crippen molar-refractivity contribution >= 4 is 16.8 Å². The van der Waals surface area contributed by atoms with Crippen LogP contribution in [0.25, 0.3) is 22.2 Å². The summed E-state index contributed by atoms with van der Waals surface area (Å²) in [7, 11) is 0. The molecule has 0 aliphatic rings. The quantitative estimate of drug-likeness (QED) is 0.484. The first kappa shape index (κ1) is 19.0. The molecule has 2 aromatic carbocycles. The number of rotatable bonds is 6. The molecular weight excluding hydrogens is 360 g/mol. The van der Waals surface area contributed by atoms with Gasteiger partial charge in [-0.3, -0.25) is 9.89 Å². The van der Waals surface area contributed by atoms with Gasteiger partial charge in [-0.25, -0.2) is 0 Å². The Morgan fingerprint density at radius 2 is 1.72 bits per heavy atom. The first-order valence-corrected chi connectivity index (χ1v) is 10.0. The lowest BCUT2D eigenvalue weighted by Gasteiger charge is -2.32. The highest BCUT2D eigenvalue weighted by Crippen LogP contribution is 2.32. The van der Waals surface area contributed by atoms with Crippen LogP contribution in [0, 0.1) is 0 Å². The van der Waals surface area contributed by atoms with Gasteiger partial charge in [-0.1, -0.05) is 48.5 Å². The van der Waals surface area contributed by atoms with E-state index in [1.165, 1.54) is 0 Å². The van der Waals surface area contributed by atoms with Gasteiger partial charge in [-0.05, 0) is 44.0 Å². The van der Waals surface area contributed by atoms with E-state index < -0.39 is 0 Å². The maximum Gasteiger partial charge on any atom is 0.227 e. The van der Waals surface area contributed by atoms with Crippen LogP contribution in [0.1, 0.15) is 38.1 Å². The van der Waals surface area contributed by atoms with E-state index in [1.807, 2.05) is 48.2 Å². The standard InChI is InChI=1S/C24H26N4O/c1-16(2)28(17(3)21-13-14-25-27-21)23(29)15-20-19-11-7-8-12-22(19)26-24(20)18-9-5-4-6-10-18/h4-14,16-17,26H,15H2,1-3H3,(H,25,27). The van der Waals surface area contributed by atoms with Crippen molar-refractivity contribution in [2.45, 2.75) is 39.3 Å². The van der Waals surface area contributed by atoms with Crippen LogP contribution in [0.15, 0.2) is 66.9 Å². The van der Waals surface area contributed by atoms with E-state index in [-0.39, 0.29) is 18.0 Å². The van der Waals surface area contributed by atoms with E-state index in [0.29, 0.717) is 6.42 Å². The fourth-order valence-electron chi connectivity index (χ4n) is 4.08. The molecule has 1 atom stereocenters. The molecule has 4 aromatic rings. The van der Waals surface area contributed by atoms with E-state index in [4.69, 9.17) is 0 Å². The second kappa shape index (κ2) is 7.95. The normalized spacial score (nSPS) is 12.4. The molecule has 5 heteroatoms. The maximum atomic E-state index is 13.5. The molecule has 2 heterocycles. The third-order valence-corrected chi connectivity index (χ3v) is 5.44. The molecule has 0 radical (unpaired) electrons. The zero-order chi connectivity index (χ0) is 20.4. The van der Waals surface area contributed by atoms with Crippen LogP contribution in [0.4, 0.5) is 0 Å². The fraction of sp³-hybridized carbons (Fsp3) is 0.250. The summed E-state index contributed by atoms with van der Waals surface area (Å²) in [6.45, 7) is 6.15. The van der Waals surface area contributed by atoms with Crippen LogP contribution in [-0.2, 0) is 11.2 Å². The number of amides is 1. The second-order valence-electron chi connectivity index (χ2n) is 7.65. The summed E-state index contributed by atoms with van der Waals surface area (Å²) in [4.78, 5) is 19.0. The van der Waals surface area contributed by atoms with Gasteiger partial charge >= 0.3 is 0 Å². The van der Waals surface area contributed by atoms with Crippen LogP contribution >= 0.6 is 0 Å². The zero-order valence-corrected chi connectivity index (χ0v) is 17.0. The van der Waals surface area contributed by atoms with E-state index in [0.717, 1.165) is 33.4 Å². The third kappa shape index (κ3) is 3.68. The van der Waals surface area contributed by atoms with Gasteiger partial charge in [0.05, 0.1) is 23.9 Å². The summed E-state index contributed by atoms with van der Waals surface area (Å²) in [5, 5.41) is 8.14. The Kier molecular flexibility index (Phi) is 5.21. The van der Waals surface area contributed by atoms with Gasteiger partial charge in [-0.2, -0.15) is 5.10 Å². The van der Waals surface area contributed by atoms with Crippen LogP contribution in [0.2, 0.25) is 0 Å². The monoisotopic (exact) mass is 386 g/mol. The van der Waals surface area contributed by atoms with Crippen LogP contribution < -0.4 is 0 Å². The average molecular weight is 386 g/mol. The molecule has 2 N–H and O–H groups in total. The summed E-state index contributed by atoms with van der Waals surface area (Å²) < 4.78 is 0. The number of carbonyl (C=O) groups is 1.